The summed E-state index contributed by atoms with van der Waals surface area (Å²) in [4.78, 5) is 15.0. The van der Waals surface area contributed by atoms with Gasteiger partial charge in [0.05, 0.1) is 16.6 Å². The number of rotatable bonds is 8. The first-order valence-corrected chi connectivity index (χ1v) is 19.7. The van der Waals surface area contributed by atoms with Crippen molar-refractivity contribution in [2.45, 2.75) is 0 Å². The van der Waals surface area contributed by atoms with E-state index in [1.807, 2.05) is 6.07 Å². The number of anilines is 3. The average molecular weight is 757 g/mol. The fraction of sp³-hybridized carbons (Fsp3) is 0. The van der Waals surface area contributed by atoms with Crippen LogP contribution in [0.1, 0.15) is 0 Å². The van der Waals surface area contributed by atoms with Crippen LogP contribution in [-0.4, -0.2) is 24.1 Å². The summed E-state index contributed by atoms with van der Waals surface area (Å²) >= 11 is 0. The summed E-state index contributed by atoms with van der Waals surface area (Å²) in [6.45, 7) is 0. The maximum Gasteiger partial charge on any atom is 0.162 e. The van der Waals surface area contributed by atoms with Gasteiger partial charge in [0.25, 0.3) is 0 Å². The van der Waals surface area contributed by atoms with Crippen molar-refractivity contribution < 1.29 is 0 Å². The van der Waals surface area contributed by atoms with Crippen molar-refractivity contribution >= 4 is 49.8 Å². The van der Waals surface area contributed by atoms with Gasteiger partial charge in [0, 0.05) is 56.4 Å². The van der Waals surface area contributed by atoms with Crippen LogP contribution in [0.5, 0.6) is 0 Å². The Morgan fingerprint density at radius 3 is 1.49 bits per heavy atom. The third-order valence-electron chi connectivity index (χ3n) is 11.2. The molecule has 8 aromatic carbocycles. The monoisotopic (exact) mass is 756 g/mol. The first-order valence-electron chi connectivity index (χ1n) is 19.7. The fourth-order valence-electron chi connectivity index (χ4n) is 8.42. The maximum absolute atomic E-state index is 4.36. The van der Waals surface area contributed by atoms with Crippen LogP contribution in [0.4, 0.5) is 17.1 Å². The molecule has 3 aromatic heterocycles. The number of aromatic nitrogens is 5. The Bertz CT molecular complexity index is 3130. The Kier molecular flexibility index (Phi) is 8.37. The number of hydrogen-bond donors (Lipinski definition) is 0. The summed E-state index contributed by atoms with van der Waals surface area (Å²) in [6.07, 6.45) is 5.25. The lowest BCUT2D eigenvalue weighted by Gasteiger charge is -2.26. The molecule has 0 N–H and O–H groups in total. The molecule has 0 atom stereocenters. The summed E-state index contributed by atoms with van der Waals surface area (Å²) in [5, 5.41) is 3.70. The molecule has 0 fully saturated rings. The van der Waals surface area contributed by atoms with Crippen LogP contribution in [-0.2, 0) is 0 Å². The van der Waals surface area contributed by atoms with Crippen LogP contribution in [0.15, 0.2) is 219 Å². The predicted octanol–water partition coefficient (Wildman–Crippen LogP) is 13.4. The molecule has 0 aliphatic rings. The highest BCUT2D eigenvalue weighted by Gasteiger charge is 2.19. The van der Waals surface area contributed by atoms with Gasteiger partial charge in [0.15, 0.2) is 5.82 Å². The van der Waals surface area contributed by atoms with Crippen molar-refractivity contribution in [2.75, 3.05) is 4.90 Å². The molecule has 0 amide bonds. The quantitative estimate of drug-likeness (QED) is 0.155. The van der Waals surface area contributed by atoms with Gasteiger partial charge in [-0.1, -0.05) is 97.1 Å². The third kappa shape index (κ3) is 6.11. The molecule has 11 aromatic rings. The number of hydrogen-bond acceptors (Lipinski definition) is 4. The van der Waals surface area contributed by atoms with Crippen molar-refractivity contribution in [3.05, 3.63) is 219 Å². The predicted molar refractivity (Wildman–Crippen MR) is 242 cm³/mol. The number of fused-ring (bicyclic) bond motifs is 5. The highest BCUT2D eigenvalue weighted by Crippen LogP contribution is 2.41. The van der Waals surface area contributed by atoms with Gasteiger partial charge in [-0.05, 0) is 125 Å². The van der Waals surface area contributed by atoms with Gasteiger partial charge in [-0.3, -0.25) is 0 Å². The normalized spacial score (nSPS) is 11.4. The standard InChI is InChI=1S/C53H36N6/c1-4-10-37(11-5-1)38-16-23-44(24-17-38)58(46-27-20-40(21-28-46)53-55-35-54-36-56-53)45-25-18-39(19-26-45)41-22-29-50-48(34-41)52-47-32-33-57(42-12-6-2-7-13-42)49(47)30-31-51(52)59(50)43-14-8-3-9-15-43/h1-36H. The Hall–Kier alpha value is -8.09. The van der Waals surface area contributed by atoms with E-state index in [9.17, 15) is 0 Å². The molecule has 11 rings (SSSR count). The molecule has 278 valence electrons. The lowest BCUT2D eigenvalue weighted by molar-refractivity contribution is 1.06. The van der Waals surface area contributed by atoms with Crippen LogP contribution >= 0.6 is 0 Å². The summed E-state index contributed by atoms with van der Waals surface area (Å²) < 4.78 is 4.67. The van der Waals surface area contributed by atoms with Crippen molar-refractivity contribution in [3.63, 3.8) is 0 Å². The van der Waals surface area contributed by atoms with Gasteiger partial charge in [-0.15, -0.1) is 0 Å². The number of benzene rings is 8. The lowest BCUT2D eigenvalue weighted by Crippen LogP contribution is -2.09. The minimum atomic E-state index is 0.646. The zero-order chi connectivity index (χ0) is 39.1. The maximum atomic E-state index is 4.36. The molecular weight excluding hydrogens is 721 g/mol. The molecule has 0 aliphatic carbocycles. The molecule has 0 unspecified atom stereocenters. The fourth-order valence-corrected chi connectivity index (χ4v) is 8.42. The molecule has 0 spiro atoms. The molecule has 3 heterocycles. The van der Waals surface area contributed by atoms with Crippen LogP contribution in [0.25, 0.3) is 77.7 Å². The van der Waals surface area contributed by atoms with E-state index < -0.39 is 0 Å². The highest BCUT2D eigenvalue weighted by atomic mass is 15.1. The minimum absolute atomic E-state index is 0.646. The highest BCUT2D eigenvalue weighted by molar-refractivity contribution is 6.21. The van der Waals surface area contributed by atoms with Gasteiger partial charge >= 0.3 is 0 Å². The van der Waals surface area contributed by atoms with Crippen LogP contribution in [0.2, 0.25) is 0 Å². The van der Waals surface area contributed by atoms with Crippen molar-refractivity contribution in [2.24, 2.45) is 0 Å². The number of para-hydroxylation sites is 2. The van der Waals surface area contributed by atoms with Crippen molar-refractivity contribution in [3.8, 4) is 45.0 Å². The van der Waals surface area contributed by atoms with E-state index in [0.717, 1.165) is 45.1 Å². The van der Waals surface area contributed by atoms with E-state index in [2.05, 4.69) is 229 Å². The SMILES string of the molecule is c1ccc(-c2ccc(N(c3ccc(-c4ccc5c(c4)c4c6ccn(-c7ccccc7)c6ccc4n5-c4ccccc4)cc3)c3ccc(-c4ncncn4)cc3)cc2)cc1. The largest absolute Gasteiger partial charge is 0.317 e. The van der Waals surface area contributed by atoms with Gasteiger partial charge in [0.2, 0.25) is 0 Å². The van der Waals surface area contributed by atoms with E-state index in [0.29, 0.717) is 5.82 Å². The Morgan fingerprint density at radius 2 is 0.864 bits per heavy atom. The van der Waals surface area contributed by atoms with Crippen molar-refractivity contribution in [1.82, 2.24) is 24.1 Å². The van der Waals surface area contributed by atoms with E-state index in [1.165, 1.54) is 56.5 Å². The third-order valence-corrected chi connectivity index (χ3v) is 11.2. The van der Waals surface area contributed by atoms with Gasteiger partial charge in [-0.2, -0.15) is 0 Å². The second-order valence-electron chi connectivity index (χ2n) is 14.6. The van der Waals surface area contributed by atoms with Gasteiger partial charge < -0.3 is 14.0 Å². The molecule has 6 nitrogen and oxygen atoms in total. The Balaban J connectivity index is 1.02. The zero-order valence-electron chi connectivity index (χ0n) is 32.0. The molecule has 0 bridgehead atoms. The molecule has 59 heavy (non-hydrogen) atoms. The molecule has 0 radical (unpaired) electrons. The summed E-state index contributed by atoms with van der Waals surface area (Å²) in [6, 6.07) is 71.5. The summed E-state index contributed by atoms with van der Waals surface area (Å²) in [5.41, 5.74) is 14.6. The van der Waals surface area contributed by atoms with Crippen LogP contribution in [0, 0.1) is 0 Å². The molecule has 6 heteroatoms. The first-order chi connectivity index (χ1) is 29.3. The van der Waals surface area contributed by atoms with Gasteiger partial charge in [0.1, 0.15) is 12.7 Å². The van der Waals surface area contributed by atoms with Crippen LogP contribution < -0.4 is 4.90 Å². The molecule has 0 saturated heterocycles. The van der Waals surface area contributed by atoms with Crippen LogP contribution in [0.3, 0.4) is 0 Å². The lowest BCUT2D eigenvalue weighted by atomic mass is 10.0. The minimum Gasteiger partial charge on any atom is -0.317 e. The topological polar surface area (TPSA) is 51.8 Å². The van der Waals surface area contributed by atoms with E-state index in [-0.39, 0.29) is 0 Å². The average Bonchev–Trinajstić information content (AvgIpc) is 3.90. The Labute approximate surface area is 341 Å². The van der Waals surface area contributed by atoms with E-state index in [4.69, 9.17) is 0 Å². The van der Waals surface area contributed by atoms with Gasteiger partial charge in [-0.25, -0.2) is 15.0 Å². The number of nitrogens with zero attached hydrogens (tertiary/aromatic N) is 6. The molecule has 0 aliphatic heterocycles. The molecule has 0 saturated carbocycles. The summed E-state index contributed by atoms with van der Waals surface area (Å²) in [5.74, 6) is 0.646. The summed E-state index contributed by atoms with van der Waals surface area (Å²) in [7, 11) is 0. The van der Waals surface area contributed by atoms with E-state index in [1.54, 1.807) is 0 Å². The second kappa shape index (κ2) is 14.4. The second-order valence-corrected chi connectivity index (χ2v) is 14.6. The first kappa shape index (κ1) is 34.2. The Morgan fingerprint density at radius 1 is 0.373 bits per heavy atom. The molecular formula is C53H36N6. The van der Waals surface area contributed by atoms with E-state index >= 15 is 0 Å². The smallest absolute Gasteiger partial charge is 0.162 e. The van der Waals surface area contributed by atoms with Crippen molar-refractivity contribution in [1.29, 1.82) is 0 Å². The zero-order valence-corrected chi connectivity index (χ0v) is 32.0.